The van der Waals surface area contributed by atoms with Crippen LogP contribution in [0.25, 0.3) is 0 Å². The van der Waals surface area contributed by atoms with E-state index in [0.29, 0.717) is 10.8 Å². The van der Waals surface area contributed by atoms with Crippen LogP contribution in [-0.2, 0) is 5.41 Å². The van der Waals surface area contributed by atoms with E-state index in [4.69, 9.17) is 12.2 Å². The molecule has 0 saturated heterocycles. The molecule has 0 atom stereocenters. The van der Waals surface area contributed by atoms with Crippen molar-refractivity contribution in [1.82, 2.24) is 5.32 Å². The second-order valence-electron chi connectivity index (χ2n) is 9.75. The summed E-state index contributed by atoms with van der Waals surface area (Å²) in [5.74, 6) is 2.92. The van der Waals surface area contributed by atoms with E-state index in [1.54, 1.807) is 6.07 Å². The summed E-state index contributed by atoms with van der Waals surface area (Å²) >= 11 is 5.66. The van der Waals surface area contributed by atoms with Gasteiger partial charge in [0, 0.05) is 5.54 Å². The molecule has 26 heavy (non-hydrogen) atoms. The van der Waals surface area contributed by atoms with Gasteiger partial charge in [-0.2, -0.15) is 0 Å². The number of hydrogen-bond acceptors (Lipinski definition) is 2. The molecule has 0 radical (unpaired) electrons. The zero-order valence-electron chi connectivity index (χ0n) is 16.3. The lowest BCUT2D eigenvalue weighted by Gasteiger charge is -2.57. The van der Waals surface area contributed by atoms with Crippen LogP contribution in [-0.4, -0.2) is 15.8 Å². The molecule has 1 aromatic carbocycles. The maximum atomic E-state index is 10.3. The zero-order valence-corrected chi connectivity index (χ0v) is 17.1. The number of benzene rings is 1. The van der Waals surface area contributed by atoms with Crippen LogP contribution in [0.4, 0.5) is 5.69 Å². The van der Waals surface area contributed by atoms with Gasteiger partial charge in [-0.25, -0.2) is 0 Å². The van der Waals surface area contributed by atoms with Crippen molar-refractivity contribution in [1.29, 1.82) is 0 Å². The second kappa shape index (κ2) is 6.40. The number of anilines is 1. The van der Waals surface area contributed by atoms with Gasteiger partial charge >= 0.3 is 0 Å². The first kappa shape index (κ1) is 18.1. The van der Waals surface area contributed by atoms with E-state index in [0.717, 1.165) is 24.2 Å². The first-order chi connectivity index (χ1) is 12.3. The minimum absolute atomic E-state index is 0.0824. The van der Waals surface area contributed by atoms with Crippen LogP contribution in [0.1, 0.15) is 71.3 Å². The van der Waals surface area contributed by atoms with Crippen molar-refractivity contribution in [2.75, 3.05) is 5.32 Å². The topological polar surface area (TPSA) is 44.3 Å². The minimum Gasteiger partial charge on any atom is -0.506 e. The van der Waals surface area contributed by atoms with Crippen LogP contribution in [0.3, 0.4) is 0 Å². The molecule has 4 heteroatoms. The van der Waals surface area contributed by atoms with Gasteiger partial charge in [0.05, 0.1) is 5.69 Å². The van der Waals surface area contributed by atoms with E-state index in [1.807, 2.05) is 12.1 Å². The monoisotopic (exact) mass is 372 g/mol. The second-order valence-corrected chi connectivity index (χ2v) is 10.2. The molecule has 142 valence electrons. The number of phenolic OH excluding ortho intramolecular Hbond substituents is 1. The molecule has 4 fully saturated rings. The van der Waals surface area contributed by atoms with E-state index in [1.165, 1.54) is 44.1 Å². The fourth-order valence-electron chi connectivity index (χ4n) is 5.92. The largest absolute Gasteiger partial charge is 0.506 e. The summed E-state index contributed by atoms with van der Waals surface area (Å²) in [6.07, 6.45) is 9.11. The molecule has 0 spiro atoms. The van der Waals surface area contributed by atoms with E-state index in [2.05, 4.69) is 31.4 Å². The summed E-state index contributed by atoms with van der Waals surface area (Å²) in [5, 5.41) is 17.9. The van der Waals surface area contributed by atoms with Gasteiger partial charge in [0.15, 0.2) is 5.11 Å². The van der Waals surface area contributed by atoms with Crippen LogP contribution >= 0.6 is 12.2 Å². The van der Waals surface area contributed by atoms with Gasteiger partial charge in [0.2, 0.25) is 0 Å². The van der Waals surface area contributed by atoms with Crippen molar-refractivity contribution < 1.29 is 5.11 Å². The van der Waals surface area contributed by atoms with E-state index in [-0.39, 0.29) is 16.7 Å². The van der Waals surface area contributed by atoms with Crippen molar-refractivity contribution in [3.05, 3.63) is 23.8 Å². The van der Waals surface area contributed by atoms with Crippen molar-refractivity contribution in [3.8, 4) is 5.75 Å². The highest BCUT2D eigenvalue weighted by atomic mass is 32.1. The predicted molar refractivity (Wildman–Crippen MR) is 112 cm³/mol. The standard InChI is InChI=1S/C22H32N2OS/c1-4-21(2,3)17-5-6-19(25)18(10-17)23-20(26)24-22-11-14-7-15(12-22)9-16(8-14)13-22/h5-6,10,14-16,25H,4,7-9,11-13H2,1-3H3,(H2,23,24,26). The van der Waals surface area contributed by atoms with Crippen LogP contribution in [0.2, 0.25) is 0 Å². The summed E-state index contributed by atoms with van der Waals surface area (Å²) < 4.78 is 0. The lowest BCUT2D eigenvalue weighted by atomic mass is 9.53. The van der Waals surface area contributed by atoms with Gasteiger partial charge in [0.25, 0.3) is 0 Å². The van der Waals surface area contributed by atoms with E-state index in [9.17, 15) is 5.11 Å². The molecule has 4 aliphatic carbocycles. The first-order valence-corrected chi connectivity index (χ1v) is 10.6. The Kier molecular flexibility index (Phi) is 4.45. The Hall–Kier alpha value is -1.29. The Labute approximate surface area is 163 Å². The summed E-state index contributed by atoms with van der Waals surface area (Å²) in [5.41, 5.74) is 2.21. The Balaban J connectivity index is 1.48. The summed E-state index contributed by atoms with van der Waals surface area (Å²) in [7, 11) is 0. The Morgan fingerprint density at radius 2 is 1.73 bits per heavy atom. The van der Waals surface area contributed by atoms with Crippen LogP contribution in [0.15, 0.2) is 18.2 Å². The van der Waals surface area contributed by atoms with Gasteiger partial charge in [0.1, 0.15) is 5.75 Å². The minimum atomic E-state index is 0.0824. The number of hydrogen-bond donors (Lipinski definition) is 3. The molecule has 3 N–H and O–H groups in total. The molecule has 4 saturated carbocycles. The van der Waals surface area contributed by atoms with Crippen LogP contribution < -0.4 is 10.6 Å². The Morgan fingerprint density at radius 3 is 2.27 bits per heavy atom. The normalized spacial score (nSPS) is 32.5. The third kappa shape index (κ3) is 3.33. The molecule has 5 rings (SSSR count). The highest BCUT2D eigenvalue weighted by Gasteiger charge is 2.51. The number of rotatable bonds is 4. The lowest BCUT2D eigenvalue weighted by molar-refractivity contribution is -0.00972. The third-order valence-corrected chi connectivity index (χ3v) is 7.53. The first-order valence-electron chi connectivity index (χ1n) is 10.2. The molecule has 0 amide bonds. The summed E-state index contributed by atoms with van der Waals surface area (Å²) in [4.78, 5) is 0. The SMILES string of the molecule is CCC(C)(C)c1ccc(O)c(NC(=S)NC23CC4CC(CC(C4)C2)C3)c1. The summed E-state index contributed by atoms with van der Waals surface area (Å²) in [6.45, 7) is 6.66. The number of thiocarbonyl (C=S) groups is 1. The van der Waals surface area contributed by atoms with Gasteiger partial charge in [-0.3, -0.25) is 0 Å². The average molecular weight is 373 g/mol. The molecule has 4 bridgehead atoms. The van der Waals surface area contributed by atoms with Crippen molar-refractivity contribution in [2.45, 2.75) is 76.7 Å². The van der Waals surface area contributed by atoms with Crippen LogP contribution in [0.5, 0.6) is 5.75 Å². The molecular formula is C22H32N2OS. The van der Waals surface area contributed by atoms with Gasteiger partial charge in [-0.1, -0.05) is 26.8 Å². The molecule has 0 aromatic heterocycles. The fourth-order valence-corrected chi connectivity index (χ4v) is 6.25. The molecule has 4 aliphatic rings. The number of nitrogens with one attached hydrogen (secondary N) is 2. The smallest absolute Gasteiger partial charge is 0.171 e. The molecule has 3 nitrogen and oxygen atoms in total. The molecule has 0 aliphatic heterocycles. The lowest BCUT2D eigenvalue weighted by Crippen LogP contribution is -2.60. The summed E-state index contributed by atoms with van der Waals surface area (Å²) in [6, 6.07) is 5.84. The molecule has 0 unspecified atom stereocenters. The molecule has 0 heterocycles. The van der Waals surface area contributed by atoms with Gasteiger partial charge < -0.3 is 15.7 Å². The van der Waals surface area contributed by atoms with E-state index >= 15 is 0 Å². The predicted octanol–water partition coefficient (Wildman–Crippen LogP) is 5.34. The zero-order chi connectivity index (χ0) is 18.5. The molecular weight excluding hydrogens is 340 g/mol. The van der Waals surface area contributed by atoms with Gasteiger partial charge in [-0.05, 0) is 98.0 Å². The van der Waals surface area contributed by atoms with Crippen molar-refractivity contribution in [2.24, 2.45) is 17.8 Å². The third-order valence-electron chi connectivity index (χ3n) is 7.33. The highest BCUT2D eigenvalue weighted by Crippen LogP contribution is 2.55. The maximum Gasteiger partial charge on any atom is 0.171 e. The van der Waals surface area contributed by atoms with Crippen LogP contribution in [0, 0.1) is 17.8 Å². The Morgan fingerprint density at radius 1 is 1.15 bits per heavy atom. The Bertz CT molecular complexity index is 677. The molecule has 1 aromatic rings. The van der Waals surface area contributed by atoms with Crippen molar-refractivity contribution >= 4 is 23.0 Å². The highest BCUT2D eigenvalue weighted by molar-refractivity contribution is 7.80. The van der Waals surface area contributed by atoms with Crippen molar-refractivity contribution in [3.63, 3.8) is 0 Å². The quantitative estimate of drug-likeness (QED) is 0.493. The van der Waals surface area contributed by atoms with Gasteiger partial charge in [-0.15, -0.1) is 0 Å². The average Bonchev–Trinajstić information content (AvgIpc) is 2.54. The number of aromatic hydroxyl groups is 1. The van der Waals surface area contributed by atoms with E-state index < -0.39 is 0 Å². The fraction of sp³-hybridized carbons (Fsp3) is 0.682. The maximum absolute atomic E-state index is 10.3. The number of phenols is 1.